The molecule has 2 aliphatic heterocycles. The standard InChI is InChI=1S/C23H25FN4O4/c24-14-7-5-13(6-8-14)9-26-22(31)16-12-27-11-15-10-25-17-3-1-2-4-18(17)28(15)23(32)19(27)21(30)20(16)29/h5-8,12,15,17-18,25,30H,1-4,9-11H2,(H,26,31)/t15-,17-,18+/m1/s1. The molecule has 0 unspecified atom stereocenters. The number of carbonyl (C=O) groups excluding carboxylic acids is 2. The number of hydrogen-bond donors (Lipinski definition) is 3. The Hall–Kier alpha value is -3.20. The van der Waals surface area contributed by atoms with E-state index in [2.05, 4.69) is 10.6 Å². The maximum Gasteiger partial charge on any atom is 0.275 e. The number of rotatable bonds is 3. The van der Waals surface area contributed by atoms with Crippen molar-refractivity contribution in [3.05, 3.63) is 63.3 Å². The molecule has 0 bridgehead atoms. The Morgan fingerprint density at radius 2 is 1.94 bits per heavy atom. The minimum absolute atomic E-state index is 0.0486. The first-order valence-corrected chi connectivity index (χ1v) is 11.0. The van der Waals surface area contributed by atoms with Gasteiger partial charge in [-0.05, 0) is 30.5 Å². The van der Waals surface area contributed by atoms with Crippen LogP contribution >= 0.6 is 0 Å². The number of nitrogens with one attached hydrogen (secondary N) is 2. The maximum absolute atomic E-state index is 13.3. The number of aromatic nitrogens is 1. The summed E-state index contributed by atoms with van der Waals surface area (Å²) >= 11 is 0. The van der Waals surface area contributed by atoms with Gasteiger partial charge in [0.2, 0.25) is 5.43 Å². The van der Waals surface area contributed by atoms with Crippen LogP contribution in [0.3, 0.4) is 0 Å². The lowest BCUT2D eigenvalue weighted by Gasteiger charge is -2.51. The van der Waals surface area contributed by atoms with Gasteiger partial charge in [0.05, 0.1) is 6.04 Å². The van der Waals surface area contributed by atoms with Gasteiger partial charge >= 0.3 is 0 Å². The molecule has 168 valence electrons. The highest BCUT2D eigenvalue weighted by Gasteiger charge is 2.45. The Balaban J connectivity index is 1.42. The van der Waals surface area contributed by atoms with Crippen molar-refractivity contribution in [2.75, 3.05) is 6.54 Å². The van der Waals surface area contributed by atoms with Crippen molar-refractivity contribution < 1.29 is 19.1 Å². The Morgan fingerprint density at radius 3 is 2.72 bits per heavy atom. The first kappa shape index (κ1) is 20.7. The minimum atomic E-state index is -0.866. The second-order valence-corrected chi connectivity index (χ2v) is 8.76. The van der Waals surface area contributed by atoms with Crippen molar-refractivity contribution in [1.29, 1.82) is 0 Å². The van der Waals surface area contributed by atoms with E-state index in [0.29, 0.717) is 18.7 Å². The molecule has 1 aromatic carbocycles. The van der Waals surface area contributed by atoms with Gasteiger partial charge < -0.3 is 25.2 Å². The summed E-state index contributed by atoms with van der Waals surface area (Å²) in [7, 11) is 0. The number of fused-ring (bicyclic) bond motifs is 4. The summed E-state index contributed by atoms with van der Waals surface area (Å²) in [6.07, 6.45) is 5.44. The number of nitrogens with zero attached hydrogens (tertiary/aromatic N) is 2. The van der Waals surface area contributed by atoms with Gasteiger partial charge in [0.25, 0.3) is 11.8 Å². The summed E-state index contributed by atoms with van der Waals surface area (Å²) in [6, 6.07) is 5.83. The molecular formula is C23H25FN4O4. The third-order valence-electron chi connectivity index (χ3n) is 6.81. The fraction of sp³-hybridized carbons (Fsp3) is 0.435. The molecule has 8 nitrogen and oxygen atoms in total. The summed E-state index contributed by atoms with van der Waals surface area (Å²) < 4.78 is 14.6. The second-order valence-electron chi connectivity index (χ2n) is 8.76. The summed E-state index contributed by atoms with van der Waals surface area (Å²) in [5, 5.41) is 16.8. The number of pyridine rings is 1. The average molecular weight is 440 g/mol. The molecule has 1 aliphatic carbocycles. The molecule has 2 fully saturated rings. The van der Waals surface area contributed by atoms with E-state index in [9.17, 15) is 23.9 Å². The number of hydrogen-bond acceptors (Lipinski definition) is 5. The van der Waals surface area contributed by atoms with E-state index in [-0.39, 0.29) is 47.7 Å². The van der Waals surface area contributed by atoms with Crippen molar-refractivity contribution in [3.63, 3.8) is 0 Å². The van der Waals surface area contributed by atoms with Crippen LogP contribution in [0.4, 0.5) is 4.39 Å². The lowest BCUT2D eigenvalue weighted by atomic mass is 9.85. The highest BCUT2D eigenvalue weighted by molar-refractivity contribution is 5.99. The lowest BCUT2D eigenvalue weighted by molar-refractivity contribution is 0.0156. The van der Waals surface area contributed by atoms with E-state index in [4.69, 9.17) is 0 Å². The van der Waals surface area contributed by atoms with Gasteiger partial charge in [0.15, 0.2) is 11.4 Å². The molecule has 1 saturated carbocycles. The summed E-state index contributed by atoms with van der Waals surface area (Å²) in [4.78, 5) is 40.6. The topological polar surface area (TPSA) is 104 Å². The smallest absolute Gasteiger partial charge is 0.275 e. The first-order valence-electron chi connectivity index (χ1n) is 11.0. The molecule has 5 rings (SSSR count). The molecule has 3 N–H and O–H groups in total. The number of halogens is 1. The SMILES string of the molecule is O=C(NCc1ccc(F)cc1)c1cn2c(c(O)c1=O)C(=O)N1[C@H](CN[C@@H]3CCCC[C@@H]31)C2. The molecule has 0 radical (unpaired) electrons. The van der Waals surface area contributed by atoms with Crippen LogP contribution in [0.1, 0.15) is 52.1 Å². The minimum Gasteiger partial charge on any atom is -0.503 e. The Kier molecular flexibility index (Phi) is 5.21. The van der Waals surface area contributed by atoms with Gasteiger partial charge in [-0.2, -0.15) is 0 Å². The lowest BCUT2D eigenvalue weighted by Crippen LogP contribution is -2.67. The summed E-state index contributed by atoms with van der Waals surface area (Å²) in [5.41, 5.74) is -0.473. The molecule has 2 amide bonds. The van der Waals surface area contributed by atoms with E-state index in [0.717, 1.165) is 25.7 Å². The highest BCUT2D eigenvalue weighted by atomic mass is 19.1. The first-order chi connectivity index (χ1) is 15.4. The van der Waals surface area contributed by atoms with Crippen LogP contribution < -0.4 is 16.1 Å². The molecule has 2 aromatic rings. The Labute approximate surface area is 184 Å². The predicted octanol–water partition coefficient (Wildman–Crippen LogP) is 1.36. The number of piperazine rings is 1. The van der Waals surface area contributed by atoms with Gasteiger partial charge in [0, 0.05) is 37.9 Å². The van der Waals surface area contributed by atoms with Gasteiger partial charge in [-0.25, -0.2) is 4.39 Å². The molecular weight excluding hydrogens is 415 g/mol. The molecule has 3 atom stereocenters. The van der Waals surface area contributed by atoms with Crippen LogP contribution in [0, 0.1) is 5.82 Å². The maximum atomic E-state index is 13.3. The van der Waals surface area contributed by atoms with Crippen LogP contribution in [0.25, 0.3) is 0 Å². The zero-order valence-corrected chi connectivity index (χ0v) is 17.5. The van der Waals surface area contributed by atoms with E-state index >= 15 is 0 Å². The molecule has 1 aromatic heterocycles. The summed E-state index contributed by atoms with van der Waals surface area (Å²) in [6.45, 7) is 1.12. The predicted molar refractivity (Wildman–Crippen MR) is 114 cm³/mol. The van der Waals surface area contributed by atoms with Gasteiger partial charge in [-0.3, -0.25) is 14.4 Å². The molecule has 0 spiro atoms. The fourth-order valence-corrected chi connectivity index (χ4v) is 5.22. The zero-order valence-electron chi connectivity index (χ0n) is 17.5. The molecule has 3 heterocycles. The Bertz CT molecular complexity index is 1130. The average Bonchev–Trinajstić information content (AvgIpc) is 2.80. The largest absolute Gasteiger partial charge is 0.503 e. The van der Waals surface area contributed by atoms with Crippen LogP contribution in [0.2, 0.25) is 0 Å². The third-order valence-corrected chi connectivity index (χ3v) is 6.81. The number of aromatic hydroxyl groups is 1. The van der Waals surface area contributed by atoms with Gasteiger partial charge in [-0.15, -0.1) is 0 Å². The van der Waals surface area contributed by atoms with E-state index < -0.39 is 17.1 Å². The van der Waals surface area contributed by atoms with Crippen LogP contribution in [-0.4, -0.2) is 51.1 Å². The van der Waals surface area contributed by atoms with E-state index in [1.54, 1.807) is 0 Å². The van der Waals surface area contributed by atoms with Crippen LogP contribution in [0.5, 0.6) is 5.75 Å². The van der Waals surface area contributed by atoms with Crippen molar-refractivity contribution >= 4 is 11.8 Å². The molecule has 1 saturated heterocycles. The number of amides is 2. The van der Waals surface area contributed by atoms with E-state index in [1.807, 2.05) is 4.90 Å². The molecule has 32 heavy (non-hydrogen) atoms. The normalized spacial score (nSPS) is 24.3. The number of carbonyl (C=O) groups is 2. The molecule has 9 heteroatoms. The second kappa shape index (κ2) is 8.05. The molecule has 3 aliphatic rings. The highest BCUT2D eigenvalue weighted by Crippen LogP contribution is 2.33. The Morgan fingerprint density at radius 1 is 1.19 bits per heavy atom. The monoisotopic (exact) mass is 440 g/mol. The quantitative estimate of drug-likeness (QED) is 0.669. The van der Waals surface area contributed by atoms with Crippen molar-refractivity contribution in [3.8, 4) is 5.75 Å². The fourth-order valence-electron chi connectivity index (χ4n) is 5.22. The summed E-state index contributed by atoms with van der Waals surface area (Å²) in [5.74, 6) is -2.08. The van der Waals surface area contributed by atoms with E-state index in [1.165, 1.54) is 35.0 Å². The van der Waals surface area contributed by atoms with Crippen molar-refractivity contribution in [2.45, 2.75) is 56.9 Å². The van der Waals surface area contributed by atoms with Crippen LogP contribution in [0.15, 0.2) is 35.3 Å². The van der Waals surface area contributed by atoms with Crippen LogP contribution in [-0.2, 0) is 13.1 Å². The van der Waals surface area contributed by atoms with Crippen molar-refractivity contribution in [1.82, 2.24) is 20.1 Å². The van der Waals surface area contributed by atoms with Crippen molar-refractivity contribution in [2.24, 2.45) is 0 Å². The third kappa shape index (κ3) is 3.46. The number of benzene rings is 1. The van der Waals surface area contributed by atoms with Gasteiger partial charge in [-0.1, -0.05) is 25.0 Å². The van der Waals surface area contributed by atoms with Gasteiger partial charge in [0.1, 0.15) is 11.4 Å². The zero-order chi connectivity index (χ0) is 22.4.